The number of benzene rings is 4. The van der Waals surface area contributed by atoms with E-state index >= 15 is 0 Å². The van der Waals surface area contributed by atoms with Crippen LogP contribution >= 0.6 is 0 Å². The molecule has 0 saturated carbocycles. The Balaban J connectivity index is 1.72. The highest BCUT2D eigenvalue weighted by Gasteiger charge is 2.40. The van der Waals surface area contributed by atoms with Crippen molar-refractivity contribution >= 4 is 13.7 Å². The number of nitrogens with zero attached hydrogens (tertiary/aromatic N) is 6. The summed E-state index contributed by atoms with van der Waals surface area (Å²) < 4.78 is 31.9. The molecule has 0 atom stereocenters. The van der Waals surface area contributed by atoms with Gasteiger partial charge in [0.05, 0.1) is 39.5 Å². The topological polar surface area (TPSA) is 102 Å². The molecule has 0 unspecified atom stereocenters. The van der Waals surface area contributed by atoms with E-state index in [9.17, 15) is 0 Å². The van der Waals surface area contributed by atoms with Gasteiger partial charge in [0.1, 0.15) is 17.2 Å². The van der Waals surface area contributed by atoms with E-state index in [1.807, 2.05) is 124 Å². The van der Waals surface area contributed by atoms with Crippen molar-refractivity contribution in [2.24, 2.45) is 29.7 Å². The Morgan fingerprint density at radius 1 is 0.442 bits per heavy atom. The number of para-hydroxylation sites is 3. The second-order valence-corrected chi connectivity index (χ2v) is 11.8. The van der Waals surface area contributed by atoms with Crippen LogP contribution in [-0.2, 0) is 19.6 Å². The lowest BCUT2D eigenvalue weighted by atomic mass is 10.2. The predicted octanol–water partition coefficient (Wildman–Crippen LogP) is 7.99. The summed E-state index contributed by atoms with van der Waals surface area (Å²) in [5.41, 5.74) is 2.78. The average Bonchev–Trinajstić information content (AvgIpc) is 3.04. The molecule has 0 bridgehead atoms. The summed E-state index contributed by atoms with van der Waals surface area (Å²) in [5, 5.41) is 14.7. The van der Waals surface area contributed by atoms with E-state index in [1.165, 1.54) is 0 Å². The molecule has 0 aromatic heterocycles. The lowest BCUT2D eigenvalue weighted by Crippen LogP contribution is -2.42. The number of rotatable bonds is 16. The Labute approximate surface area is 254 Å². The van der Waals surface area contributed by atoms with E-state index in [0.717, 1.165) is 39.1 Å². The van der Waals surface area contributed by atoms with Gasteiger partial charge in [-0.2, -0.15) is 29.7 Å². The molecule has 0 aliphatic rings. The number of hydrogen-bond acceptors (Lipinski definition) is 9. The molecule has 0 amide bonds. The van der Waals surface area contributed by atoms with Crippen LogP contribution in [-0.4, -0.2) is 28.4 Å². The average molecular weight is 595 g/mol. The maximum absolute atomic E-state index is 5.80. The van der Waals surface area contributed by atoms with E-state index in [-0.39, 0.29) is 0 Å². The van der Waals surface area contributed by atoms with Crippen molar-refractivity contribution in [2.75, 3.05) is 19.8 Å². The van der Waals surface area contributed by atoms with Gasteiger partial charge in [-0.3, -0.25) is 0 Å². The van der Waals surface area contributed by atoms with Crippen LogP contribution in [0.25, 0.3) is 0 Å². The van der Waals surface area contributed by atoms with Crippen molar-refractivity contribution in [1.29, 1.82) is 0 Å². The van der Waals surface area contributed by atoms with Crippen LogP contribution in [0.4, 0.5) is 0 Å². The summed E-state index contributed by atoms with van der Waals surface area (Å²) in [6.07, 6.45) is 0. The molecule has 0 aliphatic heterocycles. The minimum absolute atomic E-state index is 0.309. The SMILES string of the molecule is CCOc1ccccc1CN=N[Si](N=NCc1ccccc1OCC)(N=NCc1ccccc1OCC)c1ccccc1. The summed E-state index contributed by atoms with van der Waals surface area (Å²) in [4.78, 5) is 0. The summed E-state index contributed by atoms with van der Waals surface area (Å²) in [6.45, 7) is 8.48. The van der Waals surface area contributed by atoms with E-state index in [1.54, 1.807) is 0 Å². The van der Waals surface area contributed by atoms with E-state index < -0.39 is 8.56 Å². The minimum Gasteiger partial charge on any atom is -0.494 e. The summed E-state index contributed by atoms with van der Waals surface area (Å²) in [5.74, 6) is 2.33. The highest BCUT2D eigenvalue weighted by Crippen LogP contribution is 2.24. The Kier molecular flexibility index (Phi) is 12.1. The van der Waals surface area contributed by atoms with Crippen molar-refractivity contribution in [3.05, 3.63) is 120 Å². The van der Waals surface area contributed by atoms with E-state index in [0.29, 0.717) is 39.5 Å². The van der Waals surface area contributed by atoms with Crippen molar-refractivity contribution in [3.8, 4) is 17.2 Å². The zero-order chi connectivity index (χ0) is 30.2. The van der Waals surface area contributed by atoms with Crippen LogP contribution in [0.3, 0.4) is 0 Å². The van der Waals surface area contributed by atoms with Gasteiger partial charge < -0.3 is 14.2 Å². The molecule has 0 aliphatic carbocycles. The molecule has 0 fully saturated rings. The quantitative estimate of drug-likeness (QED) is 0.0970. The molecule has 0 spiro atoms. The molecule has 222 valence electrons. The first kappa shape index (κ1) is 31.2. The van der Waals surface area contributed by atoms with Crippen LogP contribution in [0.1, 0.15) is 37.5 Å². The van der Waals surface area contributed by atoms with Crippen LogP contribution < -0.4 is 19.4 Å². The molecule has 0 saturated heterocycles. The first-order valence-electron chi connectivity index (χ1n) is 14.5. The summed E-state index contributed by atoms with van der Waals surface area (Å²) in [7, 11) is -3.49. The van der Waals surface area contributed by atoms with Gasteiger partial charge >= 0.3 is 8.56 Å². The molecule has 4 aromatic rings. The maximum atomic E-state index is 5.80. The zero-order valence-electron chi connectivity index (χ0n) is 25.0. The van der Waals surface area contributed by atoms with Crippen LogP contribution in [0.5, 0.6) is 17.2 Å². The molecule has 0 heterocycles. The summed E-state index contributed by atoms with van der Waals surface area (Å²) >= 11 is 0. The van der Waals surface area contributed by atoms with Crippen LogP contribution in [0, 0.1) is 0 Å². The molecule has 0 radical (unpaired) electrons. The van der Waals surface area contributed by atoms with Crippen molar-refractivity contribution < 1.29 is 14.2 Å². The first-order chi connectivity index (χ1) is 21.2. The van der Waals surface area contributed by atoms with E-state index in [4.69, 9.17) is 28.6 Å². The van der Waals surface area contributed by atoms with Gasteiger partial charge in [0.25, 0.3) is 0 Å². The largest absolute Gasteiger partial charge is 0.524 e. The van der Waals surface area contributed by atoms with Gasteiger partial charge in [-0.1, -0.05) is 84.9 Å². The first-order valence-corrected chi connectivity index (χ1v) is 16.4. The third kappa shape index (κ3) is 8.89. The number of ether oxygens (including phenoxy) is 3. The molecule has 10 heteroatoms. The Bertz CT molecular complexity index is 1360. The Morgan fingerprint density at radius 2 is 0.767 bits per heavy atom. The molecule has 43 heavy (non-hydrogen) atoms. The standard InChI is InChI=1S/C33H38N6O3Si/c1-4-40-31-21-13-10-16-27(31)24-34-37-43(30-19-8-7-9-20-30,38-35-25-28-17-11-14-22-32(28)41-5-2)39-36-26-29-18-12-15-23-33(29)42-6-3/h7-23H,4-6,24-26H2,1-3H3. The Morgan fingerprint density at radius 3 is 1.12 bits per heavy atom. The van der Waals surface area contributed by atoms with Gasteiger partial charge in [-0.05, 0) is 39.0 Å². The maximum Gasteiger partial charge on any atom is 0.524 e. The minimum atomic E-state index is -3.49. The molecule has 4 rings (SSSR count). The Hall–Kier alpha value is -4.70. The fourth-order valence-electron chi connectivity index (χ4n) is 4.32. The van der Waals surface area contributed by atoms with Gasteiger partial charge in [0.15, 0.2) is 0 Å². The second-order valence-electron chi connectivity index (χ2n) is 9.32. The molecule has 9 nitrogen and oxygen atoms in total. The fourth-order valence-corrected chi connectivity index (χ4v) is 6.23. The predicted molar refractivity (Wildman–Crippen MR) is 170 cm³/mol. The van der Waals surface area contributed by atoms with Crippen molar-refractivity contribution in [1.82, 2.24) is 0 Å². The highest BCUT2D eigenvalue weighted by molar-refractivity contribution is 6.86. The molecule has 0 N–H and O–H groups in total. The third-order valence-electron chi connectivity index (χ3n) is 6.33. The fraction of sp³-hybridized carbons (Fsp3) is 0.273. The van der Waals surface area contributed by atoms with E-state index in [2.05, 4.69) is 15.3 Å². The third-order valence-corrected chi connectivity index (χ3v) is 8.70. The second kappa shape index (κ2) is 16.7. The molecular weight excluding hydrogens is 556 g/mol. The molecular formula is C33H38N6O3Si. The normalized spacial score (nSPS) is 13.0. The van der Waals surface area contributed by atoms with Crippen molar-refractivity contribution in [3.63, 3.8) is 0 Å². The van der Waals surface area contributed by atoms with Gasteiger partial charge in [-0.25, -0.2) is 0 Å². The van der Waals surface area contributed by atoms with Gasteiger partial charge in [0.2, 0.25) is 0 Å². The lowest BCUT2D eigenvalue weighted by molar-refractivity contribution is 0.336. The molecule has 4 aromatic carbocycles. The smallest absolute Gasteiger partial charge is 0.494 e. The number of hydrogen-bond donors (Lipinski definition) is 0. The van der Waals surface area contributed by atoms with Crippen LogP contribution in [0.15, 0.2) is 133 Å². The summed E-state index contributed by atoms with van der Waals surface area (Å²) in [6, 6.07) is 33.2. The lowest BCUT2D eigenvalue weighted by Gasteiger charge is -2.15. The highest BCUT2D eigenvalue weighted by atomic mass is 28.4. The van der Waals surface area contributed by atoms with Crippen LogP contribution in [0.2, 0.25) is 0 Å². The van der Waals surface area contributed by atoms with Gasteiger partial charge in [0, 0.05) is 21.9 Å². The zero-order valence-corrected chi connectivity index (χ0v) is 26.0. The monoisotopic (exact) mass is 594 g/mol. The van der Waals surface area contributed by atoms with Gasteiger partial charge in [-0.15, -0.1) is 0 Å². The van der Waals surface area contributed by atoms with Crippen molar-refractivity contribution in [2.45, 2.75) is 40.4 Å².